The quantitative estimate of drug-likeness (QED) is 0.384. The fourth-order valence-electron chi connectivity index (χ4n) is 2.74. The average molecular weight is 528 g/mol. The summed E-state index contributed by atoms with van der Waals surface area (Å²) in [5.74, 6) is 0.366. The van der Waals surface area contributed by atoms with Gasteiger partial charge >= 0.3 is 0 Å². The molecule has 0 atom stereocenters. The van der Waals surface area contributed by atoms with Gasteiger partial charge in [-0.25, -0.2) is 13.4 Å². The topological polar surface area (TPSA) is 120 Å². The molecule has 184 valence electrons. The summed E-state index contributed by atoms with van der Waals surface area (Å²) >= 11 is 7.46. The Morgan fingerprint density at radius 3 is 2.56 bits per heavy atom. The van der Waals surface area contributed by atoms with Crippen molar-refractivity contribution in [3.05, 3.63) is 46.6 Å². The van der Waals surface area contributed by atoms with Crippen LogP contribution in [0.5, 0.6) is 23.1 Å². The van der Waals surface area contributed by atoms with Gasteiger partial charge in [0, 0.05) is 10.9 Å². The maximum atomic E-state index is 13.1. The lowest BCUT2D eigenvalue weighted by Crippen LogP contribution is -2.15. The molecular weight excluding hydrogens is 502 g/mol. The van der Waals surface area contributed by atoms with Gasteiger partial charge in [0.1, 0.15) is 28.6 Å². The van der Waals surface area contributed by atoms with Gasteiger partial charge in [-0.3, -0.25) is 4.72 Å². The Morgan fingerprint density at radius 2 is 1.91 bits per heavy atom. The highest BCUT2D eigenvalue weighted by atomic mass is 35.5. The normalized spacial score (nSPS) is 11.8. The van der Waals surface area contributed by atoms with E-state index < -0.39 is 10.0 Å². The number of thiophene rings is 1. The summed E-state index contributed by atoms with van der Waals surface area (Å²) in [5, 5.41) is 9.42. The third-order valence-corrected chi connectivity index (χ3v) is 8.00. The van der Waals surface area contributed by atoms with Crippen LogP contribution in [0.1, 0.15) is 32.6 Å². The number of hydrogen-bond acceptors (Lipinski definition) is 9. The molecule has 9 nitrogen and oxygen atoms in total. The maximum absolute atomic E-state index is 13.1. The molecule has 2 heterocycles. The number of ether oxygens (including phenoxy) is 3. The van der Waals surface area contributed by atoms with Gasteiger partial charge in [0.05, 0.1) is 18.2 Å². The molecule has 0 amide bonds. The van der Waals surface area contributed by atoms with E-state index in [9.17, 15) is 8.42 Å². The number of nitrogens with one attached hydrogen (secondary N) is 1. The molecule has 2 N–H and O–H groups in total. The van der Waals surface area contributed by atoms with Gasteiger partial charge in [0.2, 0.25) is 5.75 Å². The Balaban J connectivity index is 2.01. The predicted molar refractivity (Wildman–Crippen MR) is 131 cm³/mol. The number of sulfonamides is 1. The summed E-state index contributed by atoms with van der Waals surface area (Å²) in [6.45, 7) is 7.91. The molecule has 3 rings (SSSR count). The molecule has 0 fully saturated rings. The minimum Gasteiger partial charge on any atom is -0.494 e. The van der Waals surface area contributed by atoms with E-state index in [4.69, 9.17) is 30.9 Å². The Kier molecular flexibility index (Phi) is 8.24. The predicted octanol–water partition coefficient (Wildman–Crippen LogP) is 4.85. The van der Waals surface area contributed by atoms with Crippen LogP contribution in [-0.4, -0.2) is 43.3 Å². The third kappa shape index (κ3) is 6.29. The number of benzene rings is 1. The Hall–Kier alpha value is -2.60. The smallest absolute Gasteiger partial charge is 0.272 e. The Bertz CT molecular complexity index is 1240. The minimum absolute atomic E-state index is 0.0683. The number of halogens is 1. The SMILES string of the molecule is CCOc1ccc(Cl)c(Oc2c(NS(=O)(=O)c3ccc(C(C)(C)C)s3)ncnc2OCCO)c1. The number of aliphatic hydroxyl groups excluding tert-OH is 1. The molecule has 0 aliphatic heterocycles. The molecule has 34 heavy (non-hydrogen) atoms. The van der Waals surface area contributed by atoms with Crippen molar-refractivity contribution < 1.29 is 27.7 Å². The van der Waals surface area contributed by atoms with Gasteiger partial charge in [0.25, 0.3) is 15.9 Å². The minimum atomic E-state index is -4.00. The molecule has 0 bridgehead atoms. The summed E-state index contributed by atoms with van der Waals surface area (Å²) in [6, 6.07) is 8.15. The van der Waals surface area contributed by atoms with E-state index in [1.807, 2.05) is 27.7 Å². The molecule has 0 spiro atoms. The number of aliphatic hydroxyl groups is 1. The second kappa shape index (κ2) is 10.8. The average Bonchev–Trinajstić information content (AvgIpc) is 3.28. The Labute approximate surface area is 207 Å². The maximum Gasteiger partial charge on any atom is 0.272 e. The fraction of sp³-hybridized carbons (Fsp3) is 0.364. The van der Waals surface area contributed by atoms with Gasteiger partial charge < -0.3 is 19.3 Å². The van der Waals surface area contributed by atoms with Gasteiger partial charge in [-0.2, -0.15) is 4.98 Å². The number of anilines is 1. The third-order valence-electron chi connectivity index (χ3n) is 4.34. The summed E-state index contributed by atoms with van der Waals surface area (Å²) in [7, 11) is -4.00. The van der Waals surface area contributed by atoms with Crippen LogP contribution >= 0.6 is 22.9 Å². The van der Waals surface area contributed by atoms with E-state index in [1.54, 1.807) is 30.3 Å². The number of hydrogen-bond donors (Lipinski definition) is 2. The second-order valence-corrected chi connectivity index (χ2v) is 11.4. The first kappa shape index (κ1) is 26.0. The summed E-state index contributed by atoms with van der Waals surface area (Å²) in [6.07, 6.45) is 1.13. The van der Waals surface area contributed by atoms with Crippen molar-refractivity contribution in [2.75, 3.05) is 24.5 Å². The van der Waals surface area contributed by atoms with Gasteiger partial charge in [-0.15, -0.1) is 11.3 Å². The van der Waals surface area contributed by atoms with Crippen molar-refractivity contribution in [3.8, 4) is 23.1 Å². The van der Waals surface area contributed by atoms with E-state index >= 15 is 0 Å². The Morgan fingerprint density at radius 1 is 1.15 bits per heavy atom. The van der Waals surface area contributed by atoms with E-state index in [0.717, 1.165) is 11.2 Å². The first-order valence-corrected chi connectivity index (χ1v) is 13.0. The highest BCUT2D eigenvalue weighted by Gasteiger charge is 2.26. The van der Waals surface area contributed by atoms with Crippen LogP contribution in [0.25, 0.3) is 0 Å². The molecule has 0 aliphatic carbocycles. The molecule has 0 unspecified atom stereocenters. The molecule has 2 aromatic heterocycles. The molecule has 0 radical (unpaired) electrons. The molecule has 0 aliphatic rings. The zero-order valence-electron chi connectivity index (χ0n) is 19.2. The van der Waals surface area contributed by atoms with Crippen LogP contribution in [0.2, 0.25) is 5.02 Å². The summed E-state index contributed by atoms with van der Waals surface area (Å²) < 4.78 is 45.7. The zero-order valence-corrected chi connectivity index (χ0v) is 21.6. The van der Waals surface area contributed by atoms with Crippen LogP contribution in [-0.2, 0) is 15.4 Å². The standard InChI is InChI=1S/C22H26ClN3O6S2/c1-5-30-14-6-7-15(23)16(12-14)32-19-20(24-13-25-21(19)31-11-10-27)26-34(28,29)18-9-8-17(33-18)22(2,3)4/h6-9,12-13,27H,5,10-11H2,1-4H3,(H,24,25,26). The summed E-state index contributed by atoms with van der Waals surface area (Å²) in [5.41, 5.74) is -0.199. The van der Waals surface area contributed by atoms with Crippen molar-refractivity contribution in [3.63, 3.8) is 0 Å². The van der Waals surface area contributed by atoms with Crippen LogP contribution in [0.15, 0.2) is 40.9 Å². The van der Waals surface area contributed by atoms with Crippen molar-refractivity contribution in [2.45, 2.75) is 37.3 Å². The lowest BCUT2D eigenvalue weighted by molar-refractivity contribution is 0.192. The first-order valence-electron chi connectivity index (χ1n) is 10.4. The largest absolute Gasteiger partial charge is 0.494 e. The van der Waals surface area contributed by atoms with Crippen LogP contribution < -0.4 is 18.9 Å². The van der Waals surface area contributed by atoms with Gasteiger partial charge in [-0.05, 0) is 36.6 Å². The van der Waals surface area contributed by atoms with E-state index in [-0.39, 0.29) is 51.1 Å². The highest BCUT2D eigenvalue weighted by molar-refractivity contribution is 7.94. The van der Waals surface area contributed by atoms with Gasteiger partial charge in [-0.1, -0.05) is 32.4 Å². The van der Waals surface area contributed by atoms with Crippen molar-refractivity contribution in [2.24, 2.45) is 0 Å². The molecule has 0 saturated carbocycles. The van der Waals surface area contributed by atoms with Crippen LogP contribution in [0, 0.1) is 0 Å². The number of aromatic nitrogens is 2. The van der Waals surface area contributed by atoms with Crippen molar-refractivity contribution >= 4 is 38.8 Å². The molecule has 0 saturated heterocycles. The fourth-order valence-corrected chi connectivity index (χ4v) is 5.27. The van der Waals surface area contributed by atoms with Crippen LogP contribution in [0.4, 0.5) is 5.82 Å². The van der Waals surface area contributed by atoms with Crippen LogP contribution in [0.3, 0.4) is 0 Å². The lowest BCUT2D eigenvalue weighted by Gasteiger charge is -2.16. The van der Waals surface area contributed by atoms with E-state index in [2.05, 4.69) is 14.7 Å². The lowest BCUT2D eigenvalue weighted by atomic mass is 9.95. The van der Waals surface area contributed by atoms with E-state index in [0.29, 0.717) is 12.4 Å². The zero-order chi connectivity index (χ0) is 24.9. The van der Waals surface area contributed by atoms with Crippen molar-refractivity contribution in [1.82, 2.24) is 9.97 Å². The monoisotopic (exact) mass is 527 g/mol. The number of rotatable bonds is 10. The first-order chi connectivity index (χ1) is 16.0. The highest BCUT2D eigenvalue weighted by Crippen LogP contribution is 2.41. The summed E-state index contributed by atoms with van der Waals surface area (Å²) in [4.78, 5) is 9.00. The molecule has 12 heteroatoms. The van der Waals surface area contributed by atoms with Crippen molar-refractivity contribution in [1.29, 1.82) is 0 Å². The second-order valence-electron chi connectivity index (χ2n) is 8.03. The van der Waals surface area contributed by atoms with E-state index in [1.165, 1.54) is 11.3 Å². The molecular formula is C22H26ClN3O6S2. The van der Waals surface area contributed by atoms with Gasteiger partial charge in [0.15, 0.2) is 5.82 Å². The number of nitrogens with zero attached hydrogens (tertiary/aromatic N) is 2. The molecule has 3 aromatic rings. The molecule has 1 aromatic carbocycles.